The van der Waals surface area contributed by atoms with Gasteiger partial charge in [-0.1, -0.05) is 6.92 Å². The van der Waals surface area contributed by atoms with Crippen molar-refractivity contribution in [3.63, 3.8) is 0 Å². The van der Waals surface area contributed by atoms with Crippen LogP contribution in [0.3, 0.4) is 0 Å². The van der Waals surface area contributed by atoms with Crippen LogP contribution in [-0.2, 0) is 14.6 Å². The Bertz CT molecular complexity index is 875. The second-order valence-electron chi connectivity index (χ2n) is 6.51. The van der Waals surface area contributed by atoms with Gasteiger partial charge in [-0.05, 0) is 51.1 Å². The molecule has 2 aromatic rings. The van der Waals surface area contributed by atoms with Crippen molar-refractivity contribution in [3.05, 3.63) is 36.5 Å². The molecule has 0 amide bonds. The predicted molar refractivity (Wildman–Crippen MR) is 95.8 cm³/mol. The first-order valence-electron chi connectivity index (χ1n) is 7.91. The van der Waals surface area contributed by atoms with E-state index in [-0.39, 0.29) is 10.6 Å². The van der Waals surface area contributed by atoms with Crippen LogP contribution in [0.4, 0.5) is 4.79 Å². The molecule has 0 spiro atoms. The van der Waals surface area contributed by atoms with Gasteiger partial charge in [0.25, 0.3) is 0 Å². The molecule has 1 aromatic carbocycles. The van der Waals surface area contributed by atoms with Gasteiger partial charge in [0, 0.05) is 11.8 Å². The Labute approximate surface area is 148 Å². The molecule has 0 N–H and O–H groups in total. The molecule has 6 nitrogen and oxygen atoms in total. The predicted octanol–water partition coefficient (Wildman–Crippen LogP) is 3.74. The molecule has 0 saturated carbocycles. The summed E-state index contributed by atoms with van der Waals surface area (Å²) in [5.41, 5.74) is 0.364. The van der Waals surface area contributed by atoms with Crippen LogP contribution in [0.2, 0.25) is 0 Å². The Morgan fingerprint density at radius 2 is 1.88 bits per heavy atom. The van der Waals surface area contributed by atoms with Gasteiger partial charge in [0.15, 0.2) is 9.84 Å². The number of hydrogen-bond donors (Lipinski definition) is 0. The standard InChI is InChI=1S/C18H23NO5S/c1-6-25(21,22)13-9-10-16(23-5)14(12-13)15-8-7-11-19(15)17(20)24-18(2,3)4/h7-12H,6H2,1-5H3. The first-order chi connectivity index (χ1) is 11.6. The Kier molecular flexibility index (Phi) is 5.27. The minimum Gasteiger partial charge on any atom is -0.496 e. The normalized spacial score (nSPS) is 12.0. The first kappa shape index (κ1) is 19.1. The molecule has 0 saturated heterocycles. The van der Waals surface area contributed by atoms with Crippen LogP contribution in [0, 0.1) is 0 Å². The van der Waals surface area contributed by atoms with Gasteiger partial charge >= 0.3 is 6.09 Å². The van der Waals surface area contributed by atoms with Gasteiger partial charge in [-0.2, -0.15) is 0 Å². The summed E-state index contributed by atoms with van der Waals surface area (Å²) in [4.78, 5) is 12.6. The number of hydrogen-bond acceptors (Lipinski definition) is 5. The van der Waals surface area contributed by atoms with Crippen LogP contribution in [0.1, 0.15) is 27.7 Å². The lowest BCUT2D eigenvalue weighted by Crippen LogP contribution is -2.27. The van der Waals surface area contributed by atoms with E-state index in [1.165, 1.54) is 23.8 Å². The molecule has 7 heteroatoms. The van der Waals surface area contributed by atoms with Gasteiger partial charge < -0.3 is 9.47 Å². The molecule has 0 aliphatic heterocycles. The fraction of sp³-hybridized carbons (Fsp3) is 0.389. The molecule has 0 atom stereocenters. The Morgan fingerprint density at radius 3 is 2.44 bits per heavy atom. The van der Waals surface area contributed by atoms with Crippen molar-refractivity contribution < 1.29 is 22.7 Å². The number of nitrogens with zero attached hydrogens (tertiary/aromatic N) is 1. The van der Waals surface area contributed by atoms with E-state index in [1.807, 2.05) is 0 Å². The smallest absolute Gasteiger partial charge is 0.418 e. The zero-order valence-corrected chi connectivity index (χ0v) is 15.9. The molecule has 2 rings (SSSR count). The van der Waals surface area contributed by atoms with Gasteiger partial charge in [-0.25, -0.2) is 13.2 Å². The van der Waals surface area contributed by atoms with Crippen molar-refractivity contribution in [2.45, 2.75) is 38.2 Å². The highest BCUT2D eigenvalue weighted by Crippen LogP contribution is 2.33. The summed E-state index contributed by atoms with van der Waals surface area (Å²) >= 11 is 0. The van der Waals surface area contributed by atoms with Crippen molar-refractivity contribution in [2.24, 2.45) is 0 Å². The van der Waals surface area contributed by atoms with E-state index in [2.05, 4.69) is 0 Å². The van der Waals surface area contributed by atoms with E-state index in [9.17, 15) is 13.2 Å². The lowest BCUT2D eigenvalue weighted by molar-refractivity contribution is 0.0540. The van der Waals surface area contributed by atoms with Crippen molar-refractivity contribution in [1.29, 1.82) is 0 Å². The zero-order valence-electron chi connectivity index (χ0n) is 15.1. The van der Waals surface area contributed by atoms with E-state index < -0.39 is 21.5 Å². The summed E-state index contributed by atoms with van der Waals surface area (Å²) in [5, 5.41) is 0. The highest BCUT2D eigenvalue weighted by atomic mass is 32.2. The van der Waals surface area contributed by atoms with E-state index >= 15 is 0 Å². The van der Waals surface area contributed by atoms with Crippen molar-refractivity contribution in [1.82, 2.24) is 4.57 Å². The van der Waals surface area contributed by atoms with Crippen LogP contribution < -0.4 is 4.74 Å². The quantitative estimate of drug-likeness (QED) is 0.825. The number of benzene rings is 1. The largest absolute Gasteiger partial charge is 0.496 e. The monoisotopic (exact) mass is 365 g/mol. The molecule has 0 unspecified atom stereocenters. The average molecular weight is 365 g/mol. The summed E-state index contributed by atoms with van der Waals surface area (Å²) in [5.74, 6) is 0.463. The summed E-state index contributed by atoms with van der Waals surface area (Å²) in [6, 6.07) is 8.02. The van der Waals surface area contributed by atoms with Crippen LogP contribution >= 0.6 is 0 Å². The van der Waals surface area contributed by atoms with Crippen LogP contribution in [0.5, 0.6) is 5.75 Å². The zero-order chi connectivity index (χ0) is 18.8. The fourth-order valence-corrected chi connectivity index (χ4v) is 3.22. The molecular weight excluding hydrogens is 342 g/mol. The number of rotatable bonds is 4. The third-order valence-electron chi connectivity index (χ3n) is 3.53. The minimum atomic E-state index is -3.38. The third-order valence-corrected chi connectivity index (χ3v) is 5.26. The van der Waals surface area contributed by atoms with E-state index in [0.29, 0.717) is 17.0 Å². The number of methoxy groups -OCH3 is 1. The topological polar surface area (TPSA) is 74.6 Å². The number of ether oxygens (including phenoxy) is 2. The minimum absolute atomic E-state index is 0.00809. The third kappa shape index (κ3) is 4.22. The molecule has 0 aliphatic carbocycles. The van der Waals surface area contributed by atoms with E-state index in [4.69, 9.17) is 9.47 Å². The lowest BCUT2D eigenvalue weighted by Gasteiger charge is -2.21. The number of aromatic nitrogens is 1. The Balaban J connectivity index is 2.58. The average Bonchev–Trinajstić information content (AvgIpc) is 3.02. The highest BCUT2D eigenvalue weighted by molar-refractivity contribution is 7.91. The van der Waals surface area contributed by atoms with Crippen molar-refractivity contribution in [3.8, 4) is 17.0 Å². The van der Waals surface area contributed by atoms with Crippen LogP contribution in [-0.4, -0.2) is 37.5 Å². The van der Waals surface area contributed by atoms with Crippen molar-refractivity contribution >= 4 is 15.9 Å². The Hall–Kier alpha value is -2.28. The molecular formula is C18H23NO5S. The second-order valence-corrected chi connectivity index (χ2v) is 8.79. The summed E-state index contributed by atoms with van der Waals surface area (Å²) in [6.07, 6.45) is 1.03. The molecule has 0 bridgehead atoms. The van der Waals surface area contributed by atoms with Crippen LogP contribution in [0.15, 0.2) is 41.4 Å². The maximum absolute atomic E-state index is 12.4. The molecule has 1 aromatic heterocycles. The molecule has 1 heterocycles. The SMILES string of the molecule is CCS(=O)(=O)c1ccc(OC)c(-c2cccn2C(=O)OC(C)(C)C)c1. The number of carbonyl (C=O) groups is 1. The summed E-state index contributed by atoms with van der Waals surface area (Å²) < 4.78 is 36.5. The van der Waals surface area contributed by atoms with E-state index in [1.54, 1.807) is 52.1 Å². The second kappa shape index (κ2) is 6.92. The molecule has 0 fully saturated rings. The van der Waals surface area contributed by atoms with Gasteiger partial charge in [-0.15, -0.1) is 0 Å². The first-order valence-corrected chi connectivity index (χ1v) is 9.56. The van der Waals surface area contributed by atoms with E-state index in [0.717, 1.165) is 0 Å². The molecule has 25 heavy (non-hydrogen) atoms. The van der Waals surface area contributed by atoms with Crippen molar-refractivity contribution in [2.75, 3.05) is 12.9 Å². The maximum atomic E-state index is 12.4. The fourth-order valence-electron chi connectivity index (χ4n) is 2.32. The Morgan fingerprint density at radius 1 is 1.20 bits per heavy atom. The molecule has 0 aliphatic rings. The van der Waals surface area contributed by atoms with Gasteiger partial charge in [-0.3, -0.25) is 4.57 Å². The molecule has 0 radical (unpaired) electrons. The highest BCUT2D eigenvalue weighted by Gasteiger charge is 2.22. The molecule has 136 valence electrons. The number of carbonyl (C=O) groups excluding carboxylic acids is 1. The van der Waals surface area contributed by atoms with Gasteiger partial charge in [0.2, 0.25) is 0 Å². The summed E-state index contributed by atoms with van der Waals surface area (Å²) in [6.45, 7) is 6.93. The maximum Gasteiger partial charge on any atom is 0.418 e. The summed E-state index contributed by atoms with van der Waals surface area (Å²) in [7, 11) is -1.89. The number of sulfone groups is 1. The van der Waals surface area contributed by atoms with Gasteiger partial charge in [0.1, 0.15) is 11.4 Å². The van der Waals surface area contributed by atoms with Crippen LogP contribution in [0.25, 0.3) is 11.3 Å². The lowest BCUT2D eigenvalue weighted by atomic mass is 10.1. The van der Waals surface area contributed by atoms with Gasteiger partial charge in [0.05, 0.1) is 23.5 Å².